The molecular weight excluding hydrogens is 260 g/mol. The fourth-order valence-electron chi connectivity index (χ4n) is 1.82. The van der Waals surface area contributed by atoms with E-state index in [1.165, 1.54) is 0 Å². The standard InChI is InChI=1S/C13H22N4O3/c1-2-4-11(12(18)19)9-16-13(20)15-5-3-7-17-8-6-14-10-17/h6,8,10-11H,2-5,7,9H2,1H3,(H,18,19)(H2,15,16,20). The van der Waals surface area contributed by atoms with Crippen molar-refractivity contribution in [1.29, 1.82) is 0 Å². The highest BCUT2D eigenvalue weighted by molar-refractivity contribution is 5.75. The van der Waals surface area contributed by atoms with Gasteiger partial charge in [0.1, 0.15) is 0 Å². The van der Waals surface area contributed by atoms with Crippen molar-refractivity contribution >= 4 is 12.0 Å². The highest BCUT2D eigenvalue weighted by Crippen LogP contribution is 2.04. The SMILES string of the molecule is CCCC(CNC(=O)NCCCn1ccnc1)C(=O)O. The zero-order chi connectivity index (χ0) is 14.8. The maximum Gasteiger partial charge on any atom is 0.314 e. The van der Waals surface area contributed by atoms with Gasteiger partial charge in [-0.05, 0) is 12.8 Å². The molecule has 0 aromatic carbocycles. The molecule has 0 saturated heterocycles. The van der Waals surface area contributed by atoms with Crippen LogP contribution >= 0.6 is 0 Å². The van der Waals surface area contributed by atoms with Crippen LogP contribution in [-0.4, -0.2) is 39.7 Å². The molecule has 112 valence electrons. The Kier molecular flexibility index (Phi) is 7.16. The predicted octanol–water partition coefficient (Wildman–Crippen LogP) is 1.07. The van der Waals surface area contributed by atoms with Crippen molar-refractivity contribution in [1.82, 2.24) is 20.2 Å². The Morgan fingerprint density at radius 3 is 2.80 bits per heavy atom. The second-order valence-corrected chi connectivity index (χ2v) is 4.61. The quantitative estimate of drug-likeness (QED) is 0.590. The van der Waals surface area contributed by atoms with Crippen LogP contribution in [-0.2, 0) is 11.3 Å². The van der Waals surface area contributed by atoms with Gasteiger partial charge < -0.3 is 20.3 Å². The summed E-state index contributed by atoms with van der Waals surface area (Å²) in [6.07, 6.45) is 7.44. The van der Waals surface area contributed by atoms with E-state index in [4.69, 9.17) is 5.11 Å². The number of carbonyl (C=O) groups is 2. The Morgan fingerprint density at radius 1 is 1.40 bits per heavy atom. The van der Waals surface area contributed by atoms with Crippen molar-refractivity contribution in [2.45, 2.75) is 32.7 Å². The van der Waals surface area contributed by atoms with E-state index in [1.807, 2.05) is 17.7 Å². The smallest absolute Gasteiger partial charge is 0.314 e. The van der Waals surface area contributed by atoms with E-state index in [9.17, 15) is 9.59 Å². The number of hydrogen-bond donors (Lipinski definition) is 3. The van der Waals surface area contributed by atoms with Crippen molar-refractivity contribution < 1.29 is 14.7 Å². The lowest BCUT2D eigenvalue weighted by molar-refractivity contribution is -0.141. The van der Waals surface area contributed by atoms with Gasteiger partial charge in [0.15, 0.2) is 0 Å². The average Bonchev–Trinajstić information content (AvgIpc) is 2.92. The molecule has 1 aromatic rings. The van der Waals surface area contributed by atoms with E-state index in [0.29, 0.717) is 13.0 Å². The van der Waals surface area contributed by atoms with Gasteiger partial charge in [-0.15, -0.1) is 0 Å². The van der Waals surface area contributed by atoms with Crippen LogP contribution in [0.5, 0.6) is 0 Å². The summed E-state index contributed by atoms with van der Waals surface area (Å²) < 4.78 is 1.93. The van der Waals surface area contributed by atoms with Gasteiger partial charge in [0, 0.05) is 32.0 Å². The molecular formula is C13H22N4O3. The van der Waals surface area contributed by atoms with Crippen LogP contribution in [0.25, 0.3) is 0 Å². The molecule has 1 aromatic heterocycles. The Morgan fingerprint density at radius 2 is 2.20 bits per heavy atom. The topological polar surface area (TPSA) is 96.3 Å². The number of amides is 2. The maximum atomic E-state index is 11.5. The average molecular weight is 282 g/mol. The van der Waals surface area contributed by atoms with Crippen LogP contribution in [0.15, 0.2) is 18.7 Å². The van der Waals surface area contributed by atoms with Crippen molar-refractivity contribution in [3.63, 3.8) is 0 Å². The van der Waals surface area contributed by atoms with Gasteiger partial charge in [-0.2, -0.15) is 0 Å². The first-order valence-electron chi connectivity index (χ1n) is 6.83. The van der Waals surface area contributed by atoms with Gasteiger partial charge in [0.2, 0.25) is 0 Å². The highest BCUT2D eigenvalue weighted by atomic mass is 16.4. The first kappa shape index (κ1) is 16.0. The molecule has 0 saturated carbocycles. The molecule has 2 amide bonds. The molecule has 1 atom stereocenters. The summed E-state index contributed by atoms with van der Waals surface area (Å²) in [5.74, 6) is -1.39. The minimum absolute atomic E-state index is 0.163. The first-order valence-corrected chi connectivity index (χ1v) is 6.83. The van der Waals surface area contributed by atoms with E-state index in [0.717, 1.165) is 19.4 Å². The molecule has 1 heterocycles. The second-order valence-electron chi connectivity index (χ2n) is 4.61. The van der Waals surface area contributed by atoms with Gasteiger partial charge in [-0.3, -0.25) is 4.79 Å². The lowest BCUT2D eigenvalue weighted by Crippen LogP contribution is -2.40. The molecule has 0 spiro atoms. The second kappa shape index (κ2) is 8.95. The maximum absolute atomic E-state index is 11.5. The minimum atomic E-state index is -0.868. The molecule has 0 aliphatic heterocycles. The number of imidazole rings is 1. The number of aryl methyl sites for hydroxylation is 1. The van der Waals surface area contributed by atoms with Crippen LogP contribution in [0.4, 0.5) is 4.79 Å². The van der Waals surface area contributed by atoms with E-state index in [2.05, 4.69) is 15.6 Å². The molecule has 3 N–H and O–H groups in total. The number of rotatable bonds is 9. The normalized spacial score (nSPS) is 11.8. The summed E-state index contributed by atoms with van der Waals surface area (Å²) in [5, 5.41) is 14.3. The Balaban J connectivity index is 2.11. The lowest BCUT2D eigenvalue weighted by atomic mass is 10.0. The minimum Gasteiger partial charge on any atom is -0.481 e. The summed E-state index contributed by atoms with van der Waals surface area (Å²) in [7, 11) is 0. The lowest BCUT2D eigenvalue weighted by Gasteiger charge is -2.13. The molecule has 0 fully saturated rings. The summed E-state index contributed by atoms with van der Waals surface area (Å²) in [5.41, 5.74) is 0. The van der Waals surface area contributed by atoms with Crippen molar-refractivity contribution in [2.75, 3.05) is 13.1 Å². The van der Waals surface area contributed by atoms with E-state index >= 15 is 0 Å². The number of nitrogens with one attached hydrogen (secondary N) is 2. The fourth-order valence-corrected chi connectivity index (χ4v) is 1.82. The molecule has 1 rings (SSSR count). The highest BCUT2D eigenvalue weighted by Gasteiger charge is 2.16. The van der Waals surface area contributed by atoms with Crippen molar-refractivity contribution in [2.24, 2.45) is 5.92 Å². The van der Waals surface area contributed by atoms with Crippen LogP contribution < -0.4 is 10.6 Å². The zero-order valence-electron chi connectivity index (χ0n) is 11.7. The zero-order valence-corrected chi connectivity index (χ0v) is 11.7. The number of carboxylic acids is 1. The molecule has 0 aliphatic rings. The van der Waals surface area contributed by atoms with Gasteiger partial charge >= 0.3 is 12.0 Å². The van der Waals surface area contributed by atoms with E-state index in [-0.39, 0.29) is 12.6 Å². The number of hydrogen-bond acceptors (Lipinski definition) is 3. The van der Waals surface area contributed by atoms with Gasteiger partial charge in [0.05, 0.1) is 12.2 Å². The van der Waals surface area contributed by atoms with Crippen LogP contribution in [0.2, 0.25) is 0 Å². The third-order valence-electron chi connectivity index (χ3n) is 2.93. The van der Waals surface area contributed by atoms with Crippen LogP contribution in [0.3, 0.4) is 0 Å². The van der Waals surface area contributed by atoms with Crippen LogP contribution in [0, 0.1) is 5.92 Å². The number of urea groups is 1. The van der Waals surface area contributed by atoms with E-state index < -0.39 is 11.9 Å². The predicted molar refractivity (Wildman–Crippen MR) is 74.3 cm³/mol. The number of aromatic nitrogens is 2. The molecule has 7 heteroatoms. The summed E-state index contributed by atoms with van der Waals surface area (Å²) in [6.45, 7) is 3.41. The summed E-state index contributed by atoms with van der Waals surface area (Å²) in [4.78, 5) is 26.3. The largest absolute Gasteiger partial charge is 0.481 e. The third kappa shape index (κ3) is 6.21. The Hall–Kier alpha value is -2.05. The van der Waals surface area contributed by atoms with Gasteiger partial charge in [0.25, 0.3) is 0 Å². The molecule has 1 unspecified atom stereocenters. The Bertz CT molecular complexity index is 406. The number of nitrogens with zero attached hydrogens (tertiary/aromatic N) is 2. The van der Waals surface area contributed by atoms with Crippen molar-refractivity contribution in [3.05, 3.63) is 18.7 Å². The Labute approximate surface area is 118 Å². The van der Waals surface area contributed by atoms with Crippen LogP contribution in [0.1, 0.15) is 26.2 Å². The van der Waals surface area contributed by atoms with Gasteiger partial charge in [-0.25, -0.2) is 9.78 Å². The van der Waals surface area contributed by atoms with E-state index in [1.54, 1.807) is 12.5 Å². The molecule has 7 nitrogen and oxygen atoms in total. The third-order valence-corrected chi connectivity index (χ3v) is 2.93. The molecule has 0 radical (unpaired) electrons. The molecule has 0 aliphatic carbocycles. The fraction of sp³-hybridized carbons (Fsp3) is 0.615. The monoisotopic (exact) mass is 282 g/mol. The summed E-state index contributed by atoms with van der Waals surface area (Å²) >= 11 is 0. The summed E-state index contributed by atoms with van der Waals surface area (Å²) in [6, 6.07) is -0.321. The van der Waals surface area contributed by atoms with Crippen molar-refractivity contribution in [3.8, 4) is 0 Å². The first-order chi connectivity index (χ1) is 9.63. The number of carbonyl (C=O) groups excluding carboxylic acids is 1. The molecule has 20 heavy (non-hydrogen) atoms. The number of aliphatic carboxylic acids is 1. The number of carboxylic acid groups (broad SMARTS) is 1. The molecule has 0 bridgehead atoms. The van der Waals surface area contributed by atoms with Gasteiger partial charge in [-0.1, -0.05) is 13.3 Å².